The van der Waals surface area contributed by atoms with Gasteiger partial charge in [-0.25, -0.2) is 13.1 Å². The molecule has 0 amide bonds. The average molecular weight is 402 g/mol. The summed E-state index contributed by atoms with van der Waals surface area (Å²) >= 11 is 0. The molecule has 152 valence electrons. The van der Waals surface area contributed by atoms with E-state index in [4.69, 9.17) is 0 Å². The average Bonchev–Trinajstić information content (AvgIpc) is 2.94. The van der Waals surface area contributed by atoms with Gasteiger partial charge in [0.05, 0.1) is 4.90 Å². The minimum atomic E-state index is -3.58. The third-order valence-electron chi connectivity index (χ3n) is 5.58. The van der Waals surface area contributed by atoms with Crippen molar-refractivity contribution in [3.63, 3.8) is 0 Å². The second-order valence-electron chi connectivity index (χ2n) is 8.12. The van der Waals surface area contributed by atoms with Crippen LogP contribution < -0.4 is 9.62 Å². The number of hydrogen-bond donors (Lipinski definition) is 1. The molecule has 1 aliphatic rings. The van der Waals surface area contributed by atoms with Gasteiger partial charge < -0.3 is 9.80 Å². The first-order valence-electron chi connectivity index (χ1n) is 9.68. The van der Waals surface area contributed by atoms with E-state index in [1.54, 1.807) is 0 Å². The van der Waals surface area contributed by atoms with Gasteiger partial charge in [-0.3, -0.25) is 0 Å². The monoisotopic (exact) mass is 401 g/mol. The standard InChI is InChI=1S/C22H31N3O2S/c1-15-11-16(2)22(17(3)12-15)28(26,27)23-14-21(24(4)5)18-7-8-20-19(13-18)9-10-25(20)6/h7-8,11-13,21,23H,9-10,14H2,1-6H3/t21-/m1/s1. The van der Waals surface area contributed by atoms with Crippen LogP contribution >= 0.6 is 0 Å². The predicted molar refractivity (Wildman–Crippen MR) is 116 cm³/mol. The lowest BCUT2D eigenvalue weighted by molar-refractivity contribution is 0.299. The van der Waals surface area contributed by atoms with Crippen LogP contribution in [-0.4, -0.2) is 47.6 Å². The SMILES string of the molecule is Cc1cc(C)c(S(=O)(=O)NC[C@H](c2ccc3c(c2)CCN3C)N(C)C)c(C)c1. The molecule has 0 unspecified atom stereocenters. The van der Waals surface area contributed by atoms with E-state index in [1.807, 2.05) is 47.0 Å². The van der Waals surface area contributed by atoms with Crippen molar-refractivity contribution in [3.8, 4) is 0 Å². The van der Waals surface area contributed by atoms with E-state index in [-0.39, 0.29) is 6.04 Å². The number of benzene rings is 2. The van der Waals surface area contributed by atoms with Gasteiger partial charge in [-0.15, -0.1) is 0 Å². The lowest BCUT2D eigenvalue weighted by atomic mass is 10.0. The van der Waals surface area contributed by atoms with Crippen LogP contribution in [0.5, 0.6) is 0 Å². The molecule has 28 heavy (non-hydrogen) atoms. The zero-order valence-corrected chi connectivity index (χ0v) is 18.5. The first-order valence-corrected chi connectivity index (χ1v) is 11.2. The Hall–Kier alpha value is -1.89. The fraction of sp³-hybridized carbons (Fsp3) is 0.455. The quantitative estimate of drug-likeness (QED) is 0.808. The van der Waals surface area contributed by atoms with Gasteiger partial charge >= 0.3 is 0 Å². The molecule has 0 saturated heterocycles. The largest absolute Gasteiger partial charge is 0.374 e. The first-order chi connectivity index (χ1) is 13.1. The van der Waals surface area contributed by atoms with Crippen molar-refractivity contribution in [2.45, 2.75) is 38.1 Å². The summed E-state index contributed by atoms with van der Waals surface area (Å²) in [6.07, 6.45) is 1.04. The Labute approximate surface area is 169 Å². The molecule has 0 fully saturated rings. The number of likely N-dealkylation sites (N-methyl/N-ethyl adjacent to an activating group) is 2. The molecule has 1 atom stereocenters. The van der Waals surface area contributed by atoms with Crippen LogP contribution in [0.3, 0.4) is 0 Å². The highest BCUT2D eigenvalue weighted by Gasteiger charge is 2.24. The minimum Gasteiger partial charge on any atom is -0.374 e. The molecule has 0 bridgehead atoms. The molecule has 1 N–H and O–H groups in total. The van der Waals surface area contributed by atoms with Crippen molar-refractivity contribution < 1.29 is 8.42 Å². The molecule has 0 aliphatic carbocycles. The highest BCUT2D eigenvalue weighted by atomic mass is 32.2. The molecule has 0 radical (unpaired) electrons. The fourth-order valence-electron chi connectivity index (χ4n) is 4.24. The Morgan fingerprint density at radius 2 is 1.75 bits per heavy atom. The van der Waals surface area contributed by atoms with Crippen LogP contribution in [0, 0.1) is 20.8 Å². The van der Waals surface area contributed by atoms with Gasteiger partial charge in [0.1, 0.15) is 0 Å². The van der Waals surface area contributed by atoms with E-state index in [9.17, 15) is 8.42 Å². The van der Waals surface area contributed by atoms with Gasteiger partial charge in [-0.05, 0) is 69.6 Å². The van der Waals surface area contributed by atoms with Gasteiger partial charge in [0.15, 0.2) is 0 Å². The summed E-state index contributed by atoms with van der Waals surface area (Å²) < 4.78 is 28.9. The van der Waals surface area contributed by atoms with Crippen LogP contribution in [0.1, 0.15) is 33.9 Å². The number of anilines is 1. The number of rotatable bonds is 6. The summed E-state index contributed by atoms with van der Waals surface area (Å²) in [6.45, 7) is 7.06. The number of nitrogens with zero attached hydrogens (tertiary/aromatic N) is 2. The van der Waals surface area contributed by atoms with E-state index in [1.165, 1.54) is 11.3 Å². The van der Waals surface area contributed by atoms with Crippen LogP contribution in [-0.2, 0) is 16.4 Å². The maximum absolute atomic E-state index is 13.0. The molecule has 2 aromatic carbocycles. The molecule has 1 heterocycles. The van der Waals surface area contributed by atoms with Gasteiger partial charge in [-0.2, -0.15) is 0 Å². The van der Waals surface area contributed by atoms with Crippen LogP contribution in [0.4, 0.5) is 5.69 Å². The van der Waals surface area contributed by atoms with Gasteiger partial charge in [0.2, 0.25) is 10.0 Å². The van der Waals surface area contributed by atoms with Crippen molar-refractivity contribution in [2.75, 3.05) is 39.1 Å². The maximum Gasteiger partial charge on any atom is 0.241 e. The van der Waals surface area contributed by atoms with Gasteiger partial charge in [-0.1, -0.05) is 29.8 Å². The lowest BCUT2D eigenvalue weighted by Gasteiger charge is -2.26. The summed E-state index contributed by atoms with van der Waals surface area (Å²) in [5, 5.41) is 0. The fourth-order valence-corrected chi connectivity index (χ4v) is 5.73. The Kier molecular flexibility index (Phi) is 5.84. The summed E-state index contributed by atoms with van der Waals surface area (Å²) in [6, 6.07) is 10.3. The number of hydrogen-bond acceptors (Lipinski definition) is 4. The molecule has 1 aliphatic heterocycles. The highest BCUT2D eigenvalue weighted by Crippen LogP contribution is 2.31. The van der Waals surface area contributed by atoms with Gasteiger partial charge in [0, 0.05) is 31.9 Å². The molecule has 5 nitrogen and oxygen atoms in total. The lowest BCUT2D eigenvalue weighted by Crippen LogP contribution is -2.35. The van der Waals surface area contributed by atoms with Crippen LogP contribution in [0.25, 0.3) is 0 Å². The Morgan fingerprint density at radius 3 is 2.36 bits per heavy atom. The number of nitrogens with one attached hydrogen (secondary N) is 1. The molecular formula is C22H31N3O2S. The summed E-state index contributed by atoms with van der Waals surface area (Å²) in [5.74, 6) is 0. The zero-order valence-electron chi connectivity index (χ0n) is 17.7. The van der Waals surface area contributed by atoms with Crippen molar-refractivity contribution in [1.29, 1.82) is 0 Å². The molecule has 0 saturated carbocycles. The second-order valence-corrected chi connectivity index (χ2v) is 9.82. The number of sulfonamides is 1. The molecule has 6 heteroatoms. The summed E-state index contributed by atoms with van der Waals surface area (Å²) in [4.78, 5) is 4.72. The molecule has 3 rings (SSSR count). The predicted octanol–water partition coefficient (Wildman–Crippen LogP) is 3.19. The highest BCUT2D eigenvalue weighted by molar-refractivity contribution is 7.89. The molecule has 0 aromatic heterocycles. The van der Waals surface area contributed by atoms with E-state index in [0.29, 0.717) is 11.4 Å². The van der Waals surface area contributed by atoms with Crippen molar-refractivity contribution in [1.82, 2.24) is 9.62 Å². The second kappa shape index (κ2) is 7.85. The zero-order chi connectivity index (χ0) is 20.6. The minimum absolute atomic E-state index is 0.0305. The third-order valence-corrected chi connectivity index (χ3v) is 7.31. The smallest absolute Gasteiger partial charge is 0.241 e. The van der Waals surface area contributed by atoms with E-state index in [2.05, 4.69) is 39.8 Å². The molecule has 0 spiro atoms. The van der Waals surface area contributed by atoms with Crippen molar-refractivity contribution >= 4 is 15.7 Å². The third kappa shape index (κ3) is 4.09. The number of fused-ring (bicyclic) bond motifs is 1. The molecule has 2 aromatic rings. The van der Waals surface area contributed by atoms with Gasteiger partial charge in [0.25, 0.3) is 0 Å². The van der Waals surface area contributed by atoms with E-state index >= 15 is 0 Å². The normalized spacial score (nSPS) is 15.2. The summed E-state index contributed by atoms with van der Waals surface area (Å²) in [5.41, 5.74) is 6.38. The topological polar surface area (TPSA) is 52.7 Å². The Bertz CT molecular complexity index is 960. The first kappa shape index (κ1) is 20.8. The van der Waals surface area contributed by atoms with E-state index < -0.39 is 10.0 Å². The van der Waals surface area contributed by atoms with Crippen LogP contribution in [0.15, 0.2) is 35.2 Å². The van der Waals surface area contributed by atoms with Crippen molar-refractivity contribution in [2.24, 2.45) is 0 Å². The van der Waals surface area contributed by atoms with Crippen molar-refractivity contribution in [3.05, 3.63) is 58.1 Å². The van der Waals surface area contributed by atoms with E-state index in [0.717, 1.165) is 35.2 Å². The number of aryl methyl sites for hydroxylation is 3. The van der Waals surface area contributed by atoms with Crippen LogP contribution in [0.2, 0.25) is 0 Å². The molecular weight excluding hydrogens is 370 g/mol. The maximum atomic E-state index is 13.0. The Morgan fingerprint density at radius 1 is 1.11 bits per heavy atom. The summed E-state index contributed by atoms with van der Waals surface area (Å²) in [7, 11) is 2.50. The Balaban J connectivity index is 1.85.